The van der Waals surface area contributed by atoms with Crippen molar-refractivity contribution in [3.8, 4) is 0 Å². The number of alkyl halides is 1. The summed E-state index contributed by atoms with van der Waals surface area (Å²) in [5.74, 6) is -1.12. The van der Waals surface area contributed by atoms with Crippen LogP contribution in [0.5, 0.6) is 0 Å². The summed E-state index contributed by atoms with van der Waals surface area (Å²) in [6, 6.07) is 7.34. The van der Waals surface area contributed by atoms with Gasteiger partial charge in [0.1, 0.15) is 11.6 Å². The molecule has 2 aromatic rings. The monoisotopic (exact) mass is 364 g/mol. The van der Waals surface area contributed by atoms with Crippen LogP contribution in [0.3, 0.4) is 0 Å². The van der Waals surface area contributed by atoms with Gasteiger partial charge in [0.2, 0.25) is 0 Å². The van der Waals surface area contributed by atoms with Crippen LogP contribution >= 0.6 is 39.1 Å². The van der Waals surface area contributed by atoms with Crippen LogP contribution in [0.1, 0.15) is 22.1 Å². The maximum atomic E-state index is 13.9. The third kappa shape index (κ3) is 3.10. The molecule has 0 amide bonds. The molecule has 0 aromatic heterocycles. The molecule has 0 N–H and O–H groups in total. The van der Waals surface area contributed by atoms with Crippen LogP contribution in [-0.2, 0) is 0 Å². The molecule has 0 heterocycles. The SMILES string of the molecule is Cc1ccc(Cl)cc1C(Cl)c1cc(F)c(Br)cc1F. The lowest BCUT2D eigenvalue weighted by Gasteiger charge is -2.15. The Labute approximate surface area is 128 Å². The summed E-state index contributed by atoms with van der Waals surface area (Å²) in [4.78, 5) is 0. The first-order valence-electron chi connectivity index (χ1n) is 5.44. The van der Waals surface area contributed by atoms with Crippen molar-refractivity contribution in [1.82, 2.24) is 0 Å². The number of hydrogen-bond acceptors (Lipinski definition) is 0. The Kier molecular flexibility index (Phi) is 4.49. The van der Waals surface area contributed by atoms with E-state index in [1.54, 1.807) is 18.2 Å². The zero-order chi connectivity index (χ0) is 14.2. The summed E-state index contributed by atoms with van der Waals surface area (Å²) < 4.78 is 27.5. The van der Waals surface area contributed by atoms with E-state index in [1.807, 2.05) is 6.92 Å². The second-order valence-corrected chi connectivity index (χ2v) is 5.88. The van der Waals surface area contributed by atoms with Gasteiger partial charge in [0, 0.05) is 10.6 Å². The topological polar surface area (TPSA) is 0 Å². The molecule has 1 atom stereocenters. The van der Waals surface area contributed by atoms with E-state index in [0.29, 0.717) is 10.6 Å². The maximum absolute atomic E-state index is 13.9. The van der Waals surface area contributed by atoms with Gasteiger partial charge in [-0.3, -0.25) is 0 Å². The van der Waals surface area contributed by atoms with Crippen LogP contribution in [0.25, 0.3) is 0 Å². The molecule has 0 aliphatic carbocycles. The van der Waals surface area contributed by atoms with Crippen molar-refractivity contribution < 1.29 is 8.78 Å². The summed E-state index contributed by atoms with van der Waals surface area (Å²) in [6.07, 6.45) is 0. The summed E-state index contributed by atoms with van der Waals surface area (Å²) in [5.41, 5.74) is 1.62. The molecule has 0 spiro atoms. The maximum Gasteiger partial charge on any atom is 0.137 e. The third-order valence-electron chi connectivity index (χ3n) is 2.83. The molecule has 2 aromatic carbocycles. The van der Waals surface area contributed by atoms with Crippen LogP contribution in [0, 0.1) is 18.6 Å². The summed E-state index contributed by atoms with van der Waals surface area (Å²) >= 11 is 15.1. The highest BCUT2D eigenvalue weighted by molar-refractivity contribution is 9.10. The van der Waals surface area contributed by atoms with E-state index < -0.39 is 17.0 Å². The molecule has 2 rings (SSSR count). The molecule has 0 nitrogen and oxygen atoms in total. The van der Waals surface area contributed by atoms with Crippen molar-refractivity contribution in [3.63, 3.8) is 0 Å². The first kappa shape index (κ1) is 14.8. The van der Waals surface area contributed by atoms with Crippen molar-refractivity contribution in [3.05, 3.63) is 68.2 Å². The van der Waals surface area contributed by atoms with Crippen molar-refractivity contribution >= 4 is 39.1 Å². The minimum absolute atomic E-state index is 0.0698. The quantitative estimate of drug-likeness (QED) is 0.451. The largest absolute Gasteiger partial charge is 0.207 e. The fraction of sp³-hybridized carbons (Fsp3) is 0.143. The first-order valence-corrected chi connectivity index (χ1v) is 7.05. The standard InChI is InChI=1S/C14H9BrCl2F2/c1-7-2-3-8(16)4-9(7)14(17)10-5-13(19)11(15)6-12(10)18/h2-6,14H,1H3. The van der Waals surface area contributed by atoms with E-state index in [9.17, 15) is 8.78 Å². The molecule has 5 heteroatoms. The Morgan fingerprint density at radius 2 is 1.74 bits per heavy atom. The van der Waals surface area contributed by atoms with Gasteiger partial charge in [-0.05, 0) is 58.2 Å². The summed E-state index contributed by atoms with van der Waals surface area (Å²) in [5, 5.41) is -0.287. The van der Waals surface area contributed by atoms with E-state index in [-0.39, 0.29) is 10.0 Å². The van der Waals surface area contributed by atoms with Gasteiger partial charge in [-0.25, -0.2) is 8.78 Å². The van der Waals surface area contributed by atoms with E-state index in [0.717, 1.165) is 17.7 Å². The van der Waals surface area contributed by atoms with E-state index in [4.69, 9.17) is 23.2 Å². The average molecular weight is 366 g/mol. The average Bonchev–Trinajstić information content (AvgIpc) is 2.36. The predicted octanol–water partition coefficient (Wildman–Crippen LogP) is 6.02. The molecule has 0 saturated heterocycles. The highest BCUT2D eigenvalue weighted by atomic mass is 79.9. The van der Waals surface area contributed by atoms with Gasteiger partial charge in [-0.1, -0.05) is 17.7 Å². The molecule has 0 saturated carbocycles. The highest BCUT2D eigenvalue weighted by Crippen LogP contribution is 2.35. The molecule has 19 heavy (non-hydrogen) atoms. The Morgan fingerprint density at radius 1 is 1.05 bits per heavy atom. The second-order valence-electron chi connectivity index (χ2n) is 4.15. The van der Waals surface area contributed by atoms with Gasteiger partial charge >= 0.3 is 0 Å². The van der Waals surface area contributed by atoms with Crippen molar-refractivity contribution in [1.29, 1.82) is 0 Å². The Bertz CT molecular complexity index is 629. The molecule has 0 radical (unpaired) electrons. The molecule has 0 fully saturated rings. The molecule has 0 bridgehead atoms. The lowest BCUT2D eigenvalue weighted by atomic mass is 9.99. The van der Waals surface area contributed by atoms with Crippen molar-refractivity contribution in [2.45, 2.75) is 12.3 Å². The minimum Gasteiger partial charge on any atom is -0.207 e. The molecular weight excluding hydrogens is 357 g/mol. The van der Waals surface area contributed by atoms with Crippen molar-refractivity contribution in [2.75, 3.05) is 0 Å². The van der Waals surface area contributed by atoms with E-state index in [2.05, 4.69) is 15.9 Å². The molecule has 0 aliphatic heterocycles. The van der Waals surface area contributed by atoms with Gasteiger partial charge in [-0.2, -0.15) is 0 Å². The van der Waals surface area contributed by atoms with Crippen LogP contribution in [0.2, 0.25) is 5.02 Å². The molecule has 0 aliphatic rings. The number of hydrogen-bond donors (Lipinski definition) is 0. The van der Waals surface area contributed by atoms with E-state index >= 15 is 0 Å². The number of aryl methyl sites for hydroxylation is 1. The fourth-order valence-electron chi connectivity index (χ4n) is 1.78. The highest BCUT2D eigenvalue weighted by Gasteiger charge is 2.19. The Morgan fingerprint density at radius 3 is 2.42 bits per heavy atom. The van der Waals surface area contributed by atoms with Gasteiger partial charge in [-0.15, -0.1) is 11.6 Å². The zero-order valence-electron chi connectivity index (χ0n) is 9.85. The van der Waals surface area contributed by atoms with Gasteiger partial charge in [0.25, 0.3) is 0 Å². The zero-order valence-corrected chi connectivity index (χ0v) is 13.0. The van der Waals surface area contributed by atoms with E-state index in [1.165, 1.54) is 0 Å². The lowest BCUT2D eigenvalue weighted by Crippen LogP contribution is -2.01. The van der Waals surface area contributed by atoms with Crippen LogP contribution in [0.4, 0.5) is 8.78 Å². The fourth-order valence-corrected chi connectivity index (χ4v) is 2.68. The number of halogens is 5. The molecular formula is C14H9BrCl2F2. The normalized spacial score (nSPS) is 12.5. The number of rotatable bonds is 2. The third-order valence-corrected chi connectivity index (χ3v) is 4.14. The smallest absolute Gasteiger partial charge is 0.137 e. The summed E-state index contributed by atoms with van der Waals surface area (Å²) in [6.45, 7) is 1.84. The van der Waals surface area contributed by atoms with Gasteiger partial charge < -0.3 is 0 Å². The van der Waals surface area contributed by atoms with Crippen LogP contribution in [0.15, 0.2) is 34.8 Å². The van der Waals surface area contributed by atoms with Crippen molar-refractivity contribution in [2.24, 2.45) is 0 Å². The second kappa shape index (κ2) is 5.78. The molecule has 1 unspecified atom stereocenters. The summed E-state index contributed by atoms with van der Waals surface area (Å²) in [7, 11) is 0. The van der Waals surface area contributed by atoms with Crippen LogP contribution < -0.4 is 0 Å². The van der Waals surface area contributed by atoms with Gasteiger partial charge in [0.15, 0.2) is 0 Å². The van der Waals surface area contributed by atoms with Crippen LogP contribution in [-0.4, -0.2) is 0 Å². The minimum atomic E-state index is -0.790. The first-order chi connectivity index (χ1) is 8.90. The number of benzene rings is 2. The Balaban J connectivity index is 2.52. The predicted molar refractivity (Wildman–Crippen MR) is 77.9 cm³/mol. The Hall–Kier alpha value is -0.640. The lowest BCUT2D eigenvalue weighted by molar-refractivity contribution is 0.582. The molecule has 100 valence electrons. The van der Waals surface area contributed by atoms with Gasteiger partial charge in [0.05, 0.1) is 9.85 Å².